The van der Waals surface area contributed by atoms with Crippen LogP contribution in [0.2, 0.25) is 0 Å². The molecule has 79 heavy (non-hydrogen) atoms. The molecule has 1 amide bonds. The van der Waals surface area contributed by atoms with Crippen molar-refractivity contribution in [3.63, 3.8) is 0 Å². The number of carbonyl (C=O) groups is 2. The van der Waals surface area contributed by atoms with Crippen LogP contribution in [-0.2, 0) is 28.9 Å². The van der Waals surface area contributed by atoms with E-state index >= 15 is 4.79 Å². The summed E-state index contributed by atoms with van der Waals surface area (Å²) in [6, 6.07) is 19.2. The minimum Gasteiger partial charge on any atom is -0.508 e. The molecule has 2 bridgehead atoms. The van der Waals surface area contributed by atoms with Gasteiger partial charge in [-0.3, -0.25) is 19.9 Å². The van der Waals surface area contributed by atoms with E-state index in [9.17, 15) is 35.4 Å². The molecule has 3 aliphatic carbocycles. The molecule has 3 saturated carbocycles. The number of ketones is 1. The number of amides is 1. The van der Waals surface area contributed by atoms with Crippen molar-refractivity contribution < 1.29 is 40.2 Å². The lowest BCUT2D eigenvalue weighted by Crippen LogP contribution is -2.65. The number of benzene rings is 3. The molecule has 13 atom stereocenters. The van der Waals surface area contributed by atoms with Gasteiger partial charge in [-0.2, -0.15) is 0 Å². The zero-order valence-electron chi connectivity index (χ0n) is 46.7. The van der Waals surface area contributed by atoms with E-state index in [1.807, 2.05) is 67.6 Å². The number of guanidine groups is 1. The number of carbonyl (C=O) groups excluding carboxylic acids is 2. The van der Waals surface area contributed by atoms with E-state index in [0.717, 1.165) is 53.6 Å². The number of aromatic hydroxyl groups is 1. The van der Waals surface area contributed by atoms with Gasteiger partial charge in [0.1, 0.15) is 18.0 Å². The Morgan fingerprint density at radius 3 is 2.43 bits per heavy atom. The van der Waals surface area contributed by atoms with Gasteiger partial charge in [0.15, 0.2) is 11.7 Å². The van der Waals surface area contributed by atoms with Crippen molar-refractivity contribution in [1.29, 1.82) is 0 Å². The molecule has 0 radical (unpaired) electrons. The molecule has 8 rings (SSSR count). The average molecular weight is 1080 g/mol. The largest absolute Gasteiger partial charge is 0.508 e. The fourth-order valence-electron chi connectivity index (χ4n) is 14.7. The average Bonchev–Trinajstić information content (AvgIpc) is 3.84. The number of Topliss-reactive ketones (excluding diaryl/α,β-unsaturated/α-hetero) is 1. The van der Waals surface area contributed by atoms with E-state index in [2.05, 4.69) is 54.4 Å². The van der Waals surface area contributed by atoms with Crippen LogP contribution in [0.15, 0.2) is 130 Å². The fraction of sp³-hybridized carbons (Fsp3) is 0.516. The molecule has 3 fully saturated rings. The Kier molecular flexibility index (Phi) is 19.4. The Morgan fingerprint density at radius 1 is 0.987 bits per heavy atom. The molecule has 15 nitrogen and oxygen atoms in total. The van der Waals surface area contributed by atoms with Crippen LogP contribution >= 0.6 is 0 Å². The van der Waals surface area contributed by atoms with Crippen molar-refractivity contribution in [1.82, 2.24) is 16.0 Å². The number of hydrogen-bond donors (Lipinski definition) is 12. The van der Waals surface area contributed by atoms with E-state index in [-0.39, 0.29) is 55.6 Å². The van der Waals surface area contributed by atoms with Gasteiger partial charge in [-0.05, 0) is 172 Å². The number of β-amino-alcohol motifs (C(OH)–C–C–N with tert-alkyl or cyclic N) is 1. The fourth-order valence-corrected chi connectivity index (χ4v) is 14.7. The molecule has 426 valence electrons. The molecule has 15 N–H and O–H groups in total. The summed E-state index contributed by atoms with van der Waals surface area (Å²) >= 11 is 0. The molecular weight excluding hydrogens is 995 g/mol. The minimum absolute atomic E-state index is 0.0298. The van der Waals surface area contributed by atoms with Crippen molar-refractivity contribution in [3.8, 4) is 5.75 Å². The van der Waals surface area contributed by atoms with Gasteiger partial charge in [0, 0.05) is 42.8 Å². The standard InChI is InChI=1S/C64H87N7O8/c1-6-68-54(25-18-37(2)3)38(4)11-7-15-44(36-72)50-33-45-16-10-27-63(79)28-26-48-39(5)55(75)32-43-14-9-17-49-57(43)58(61(78)71-60(49)65)69-35-56(76)51(52(34-70-62(66)67)42-19-21-46(73)22-20-42)31-41-13-8-12-40(29-41)30-47(74)23-24-53(48)64(45,63)59(50)77/h7-9,11-15,17-22,29,45,47,50-54,56,58-60,68-69,72-74,76-77,79H,4,6,10,16,23-28,30-36,65H2,1-3,5H3,(H,71,78)(H4,66,67,70). The molecule has 0 saturated heterocycles. The van der Waals surface area contributed by atoms with Crippen LogP contribution in [0.4, 0.5) is 0 Å². The van der Waals surface area contributed by atoms with E-state index in [0.29, 0.717) is 79.2 Å². The quantitative estimate of drug-likeness (QED) is 0.0395. The second-order valence-electron chi connectivity index (χ2n) is 23.5. The maximum absolute atomic E-state index is 15.2. The van der Waals surface area contributed by atoms with E-state index < -0.39 is 71.1 Å². The monoisotopic (exact) mass is 1080 g/mol. The number of rotatable bonds is 13. The number of allylic oxidation sites excluding steroid dienone is 5. The third-order valence-corrected chi connectivity index (χ3v) is 18.5. The van der Waals surface area contributed by atoms with Crippen LogP contribution < -0.4 is 33.2 Å². The number of nitrogens with one attached hydrogen (secondary N) is 3. The number of hydrogen-bond acceptors (Lipinski definition) is 12. The zero-order valence-corrected chi connectivity index (χ0v) is 46.7. The number of aliphatic hydroxyl groups excluding tert-OH is 4. The van der Waals surface area contributed by atoms with E-state index in [1.165, 1.54) is 5.57 Å². The summed E-state index contributed by atoms with van der Waals surface area (Å²) in [6.45, 7) is 13.0. The molecule has 2 heterocycles. The van der Waals surface area contributed by atoms with Crippen LogP contribution in [0.25, 0.3) is 0 Å². The number of fused-ring (bicyclic) bond motifs is 3. The highest BCUT2D eigenvalue weighted by molar-refractivity contribution is 5.98. The maximum Gasteiger partial charge on any atom is 0.243 e. The third-order valence-electron chi connectivity index (χ3n) is 18.5. The number of nitrogens with zero attached hydrogens (tertiary/aromatic N) is 1. The Balaban J connectivity index is 1.21. The Bertz CT molecular complexity index is 2830. The summed E-state index contributed by atoms with van der Waals surface area (Å²) in [5.74, 6) is -2.78. The van der Waals surface area contributed by atoms with Gasteiger partial charge in [0.25, 0.3) is 0 Å². The summed E-state index contributed by atoms with van der Waals surface area (Å²) in [4.78, 5) is 33.8. The van der Waals surface area contributed by atoms with Gasteiger partial charge in [-0.15, -0.1) is 0 Å². The number of aliphatic imine (C=N–C) groups is 1. The third kappa shape index (κ3) is 12.7. The first-order valence-corrected chi connectivity index (χ1v) is 28.7. The van der Waals surface area contributed by atoms with Crippen molar-refractivity contribution in [2.45, 2.75) is 153 Å². The lowest BCUT2D eigenvalue weighted by Gasteiger charge is -2.61. The summed E-state index contributed by atoms with van der Waals surface area (Å²) in [5.41, 5.74) is 24.6. The van der Waals surface area contributed by atoms with Gasteiger partial charge < -0.3 is 58.5 Å². The van der Waals surface area contributed by atoms with Crippen LogP contribution in [0.1, 0.15) is 137 Å². The predicted molar refractivity (Wildman–Crippen MR) is 310 cm³/mol. The van der Waals surface area contributed by atoms with Gasteiger partial charge in [-0.1, -0.05) is 110 Å². The van der Waals surface area contributed by atoms with Gasteiger partial charge in [0.2, 0.25) is 5.91 Å². The van der Waals surface area contributed by atoms with Crippen molar-refractivity contribution in [2.24, 2.45) is 51.3 Å². The minimum atomic E-state index is -1.29. The molecule has 3 aromatic carbocycles. The SMILES string of the molecule is C=C(C=CC=C(CO)C1CC2CCCC3(O)CCC4=C(C)C(=O)Cc5cccc6c5C(NCC(O)C(C(CN=C(N)N)c5ccc(O)cc5)Cc5cccc(c5)CC(O)CCC4C23C1O)C(=O)NC6N)C(CC=C(C)C)NCC. The van der Waals surface area contributed by atoms with Crippen molar-refractivity contribution >= 4 is 17.6 Å². The summed E-state index contributed by atoms with van der Waals surface area (Å²) in [7, 11) is 0. The van der Waals surface area contributed by atoms with Crippen LogP contribution in [0.3, 0.4) is 0 Å². The van der Waals surface area contributed by atoms with Gasteiger partial charge in [-0.25, -0.2) is 0 Å². The first kappa shape index (κ1) is 59.4. The second-order valence-corrected chi connectivity index (χ2v) is 23.5. The zero-order chi connectivity index (χ0) is 56.8. The first-order valence-electron chi connectivity index (χ1n) is 28.7. The van der Waals surface area contributed by atoms with Crippen LogP contribution in [-0.4, -0.2) is 104 Å². The normalized spacial score (nSPS) is 30.5. The number of aliphatic hydroxyl groups is 5. The summed E-state index contributed by atoms with van der Waals surface area (Å²) in [6.07, 6.45) is 9.44. The van der Waals surface area contributed by atoms with Crippen molar-refractivity contribution in [3.05, 3.63) is 159 Å². The molecule has 0 aromatic heterocycles. The highest BCUT2D eigenvalue weighted by Gasteiger charge is 2.70. The summed E-state index contributed by atoms with van der Waals surface area (Å²) < 4.78 is 0. The second kappa shape index (κ2) is 25.8. The Labute approximate surface area is 467 Å². The highest BCUT2D eigenvalue weighted by Crippen LogP contribution is 2.69. The lowest BCUT2D eigenvalue weighted by molar-refractivity contribution is -0.216. The molecule has 5 aliphatic rings. The Morgan fingerprint density at radius 2 is 1.72 bits per heavy atom. The highest BCUT2D eigenvalue weighted by atomic mass is 16.3. The van der Waals surface area contributed by atoms with E-state index in [1.54, 1.807) is 24.3 Å². The van der Waals surface area contributed by atoms with Gasteiger partial charge in [0.05, 0.1) is 30.5 Å². The molecule has 3 aromatic rings. The number of nitrogens with two attached hydrogens (primary N) is 3. The molecule has 1 spiro atoms. The topological polar surface area (TPSA) is 282 Å². The molecule has 13 unspecified atom stereocenters. The molecule has 15 heteroatoms. The number of phenols is 1. The number of likely N-dealkylation sites (N-methyl/N-ethyl adjacent to an activating group) is 1. The smallest absolute Gasteiger partial charge is 0.243 e. The van der Waals surface area contributed by atoms with Crippen LogP contribution in [0.5, 0.6) is 5.75 Å². The number of phenolic OH excluding ortho intramolecular Hbond substituents is 1. The van der Waals surface area contributed by atoms with E-state index in [4.69, 9.17) is 17.2 Å². The first-order chi connectivity index (χ1) is 37.8. The van der Waals surface area contributed by atoms with Crippen molar-refractivity contribution in [2.75, 3.05) is 26.2 Å². The summed E-state index contributed by atoms with van der Waals surface area (Å²) in [5, 5.41) is 82.4. The maximum atomic E-state index is 15.2. The van der Waals surface area contributed by atoms with Crippen LogP contribution in [0, 0.1) is 29.1 Å². The predicted octanol–water partition coefficient (Wildman–Crippen LogP) is 6.19. The molecule has 2 aliphatic heterocycles. The molecular formula is C64H87N7O8. The Hall–Kier alpha value is -5.75. The van der Waals surface area contributed by atoms with Gasteiger partial charge >= 0.3 is 0 Å². The lowest BCUT2D eigenvalue weighted by atomic mass is 9.45.